The zero-order valence-electron chi connectivity index (χ0n) is 27.2. The number of aliphatic carboxylic acids is 2. The van der Waals surface area contributed by atoms with Crippen LogP contribution in [0.15, 0.2) is 36.4 Å². The number of aliphatic hydroxyl groups is 2. The molecule has 2 rings (SSSR count). The third kappa shape index (κ3) is 16.2. The summed E-state index contributed by atoms with van der Waals surface area (Å²) < 4.78 is 9.75. The Labute approximate surface area is 260 Å². The first-order chi connectivity index (χ1) is 20.3. The fraction of sp³-hybridized carbons (Fsp3) is 0.471. The average molecular weight is 619 g/mol. The summed E-state index contributed by atoms with van der Waals surface area (Å²) in [5.74, 6) is -1.39. The number of ether oxygens (including phenoxy) is 2. The van der Waals surface area contributed by atoms with E-state index in [1.54, 1.807) is 12.1 Å². The Morgan fingerprint density at radius 2 is 0.955 bits per heavy atom. The Kier molecular flexibility index (Phi) is 17.9. The highest BCUT2D eigenvalue weighted by molar-refractivity contribution is 5.86. The highest BCUT2D eigenvalue weighted by Crippen LogP contribution is 2.35. The van der Waals surface area contributed by atoms with Gasteiger partial charge in [0.2, 0.25) is 0 Å². The van der Waals surface area contributed by atoms with E-state index in [-0.39, 0.29) is 35.5 Å². The Morgan fingerprint density at radius 3 is 1.20 bits per heavy atom. The van der Waals surface area contributed by atoms with E-state index < -0.39 is 11.9 Å². The SMILES string of the molecule is Cc1cc(C=CC(=O)O)cc(C(C)(C)C)c1O.Cc1cc(C=CC(=O)O)cc(C(C)(C)C)c1O.OCCOCCOCCO. The Morgan fingerprint density at radius 1 is 0.636 bits per heavy atom. The molecule has 0 saturated heterocycles. The summed E-state index contributed by atoms with van der Waals surface area (Å²) in [6, 6.07) is 7.18. The largest absolute Gasteiger partial charge is 0.507 e. The maximum atomic E-state index is 10.5. The molecule has 0 aromatic heterocycles. The summed E-state index contributed by atoms with van der Waals surface area (Å²) in [5, 5.41) is 53.7. The van der Waals surface area contributed by atoms with Gasteiger partial charge in [-0.3, -0.25) is 0 Å². The van der Waals surface area contributed by atoms with Gasteiger partial charge in [-0.05, 0) is 83.3 Å². The van der Waals surface area contributed by atoms with Gasteiger partial charge in [0.25, 0.3) is 0 Å². The van der Waals surface area contributed by atoms with E-state index >= 15 is 0 Å². The molecule has 0 unspecified atom stereocenters. The Hall–Kier alpha value is -3.70. The minimum absolute atomic E-state index is 0.0417. The van der Waals surface area contributed by atoms with Gasteiger partial charge in [-0.1, -0.05) is 41.5 Å². The van der Waals surface area contributed by atoms with E-state index in [0.29, 0.717) is 26.4 Å². The monoisotopic (exact) mass is 618 g/mol. The molecule has 0 aliphatic rings. The molecular weight excluding hydrogens is 568 g/mol. The van der Waals surface area contributed by atoms with Crippen LogP contribution in [0.2, 0.25) is 0 Å². The van der Waals surface area contributed by atoms with Crippen LogP contribution in [-0.4, -0.2) is 82.2 Å². The number of aryl methyl sites for hydroxylation is 2. The van der Waals surface area contributed by atoms with Gasteiger partial charge in [-0.2, -0.15) is 0 Å². The van der Waals surface area contributed by atoms with Crippen molar-refractivity contribution in [3.63, 3.8) is 0 Å². The van der Waals surface area contributed by atoms with E-state index in [1.165, 1.54) is 12.2 Å². The maximum absolute atomic E-state index is 10.5. The molecule has 2 aromatic carbocycles. The molecule has 6 N–H and O–H groups in total. The van der Waals surface area contributed by atoms with Gasteiger partial charge < -0.3 is 40.1 Å². The van der Waals surface area contributed by atoms with E-state index in [0.717, 1.165) is 45.5 Å². The van der Waals surface area contributed by atoms with Crippen LogP contribution in [0.25, 0.3) is 12.2 Å². The molecule has 0 spiro atoms. The van der Waals surface area contributed by atoms with Crippen LogP contribution in [-0.2, 0) is 29.9 Å². The fourth-order valence-electron chi connectivity index (χ4n) is 3.74. The lowest BCUT2D eigenvalue weighted by Crippen LogP contribution is -2.12. The van der Waals surface area contributed by atoms with Crippen molar-refractivity contribution in [2.24, 2.45) is 0 Å². The topological polar surface area (TPSA) is 174 Å². The first kappa shape index (κ1) is 40.3. The molecular formula is C34H50O10. The highest BCUT2D eigenvalue weighted by atomic mass is 16.5. The van der Waals surface area contributed by atoms with Gasteiger partial charge in [0.1, 0.15) is 11.5 Å². The molecule has 10 nitrogen and oxygen atoms in total. The lowest BCUT2D eigenvalue weighted by molar-refractivity contribution is -0.132. The number of carboxylic acid groups (broad SMARTS) is 2. The van der Waals surface area contributed by atoms with Crippen molar-refractivity contribution in [2.45, 2.75) is 66.2 Å². The summed E-state index contributed by atoms with van der Waals surface area (Å²) in [7, 11) is 0. The van der Waals surface area contributed by atoms with Crippen LogP contribution < -0.4 is 0 Å². The lowest BCUT2D eigenvalue weighted by Gasteiger charge is -2.22. The molecule has 10 heteroatoms. The third-order valence-electron chi connectivity index (χ3n) is 5.94. The van der Waals surface area contributed by atoms with Gasteiger partial charge in [-0.25, -0.2) is 9.59 Å². The lowest BCUT2D eigenvalue weighted by atomic mass is 9.84. The predicted molar refractivity (Wildman–Crippen MR) is 172 cm³/mol. The minimum atomic E-state index is -0.979. The third-order valence-corrected chi connectivity index (χ3v) is 5.94. The quantitative estimate of drug-likeness (QED) is 0.145. The number of phenolic OH excluding ortho intramolecular Hbond substituents is 2. The first-order valence-corrected chi connectivity index (χ1v) is 14.2. The molecule has 0 aliphatic carbocycles. The number of hydrogen-bond donors (Lipinski definition) is 6. The summed E-state index contributed by atoms with van der Waals surface area (Å²) in [6.07, 6.45) is 5.25. The van der Waals surface area contributed by atoms with Crippen molar-refractivity contribution in [3.8, 4) is 11.5 Å². The summed E-state index contributed by atoms with van der Waals surface area (Å²) >= 11 is 0. The fourth-order valence-corrected chi connectivity index (χ4v) is 3.74. The molecule has 0 atom stereocenters. The second kappa shape index (κ2) is 19.6. The molecule has 0 saturated carbocycles. The number of carbonyl (C=O) groups is 2. The van der Waals surface area contributed by atoms with Crippen molar-refractivity contribution in [1.29, 1.82) is 0 Å². The van der Waals surface area contributed by atoms with E-state index in [9.17, 15) is 19.8 Å². The number of carboxylic acids is 2. The molecule has 0 fully saturated rings. The number of hydrogen-bond acceptors (Lipinski definition) is 8. The zero-order valence-corrected chi connectivity index (χ0v) is 27.2. The average Bonchev–Trinajstić information content (AvgIpc) is 2.91. The van der Waals surface area contributed by atoms with E-state index in [2.05, 4.69) is 0 Å². The molecule has 0 radical (unpaired) electrons. The zero-order chi connectivity index (χ0) is 34.1. The van der Waals surface area contributed by atoms with Crippen LogP contribution in [0, 0.1) is 13.8 Å². The summed E-state index contributed by atoms with van der Waals surface area (Å²) in [4.78, 5) is 20.9. The van der Waals surface area contributed by atoms with Gasteiger partial charge in [0, 0.05) is 23.3 Å². The predicted octanol–water partition coefficient (Wildman–Crippen LogP) is 5.20. The van der Waals surface area contributed by atoms with Crippen LogP contribution in [0.1, 0.15) is 74.9 Å². The van der Waals surface area contributed by atoms with Crippen LogP contribution >= 0.6 is 0 Å². The van der Waals surface area contributed by atoms with E-state index in [4.69, 9.17) is 29.9 Å². The molecule has 0 bridgehead atoms. The van der Waals surface area contributed by atoms with Gasteiger partial charge in [0.15, 0.2) is 0 Å². The number of aromatic hydroxyl groups is 2. The molecule has 0 heterocycles. The second-order valence-corrected chi connectivity index (χ2v) is 12.0. The van der Waals surface area contributed by atoms with Crippen molar-refractivity contribution in [1.82, 2.24) is 0 Å². The second-order valence-electron chi connectivity index (χ2n) is 12.0. The number of aliphatic hydroxyl groups excluding tert-OH is 2. The Balaban J connectivity index is 0.000000655. The molecule has 0 amide bonds. The molecule has 0 aliphatic heterocycles. The normalized spacial score (nSPS) is 11.6. The summed E-state index contributed by atoms with van der Waals surface area (Å²) in [6.45, 7) is 17.4. The number of rotatable bonds is 11. The van der Waals surface area contributed by atoms with Crippen molar-refractivity contribution in [2.75, 3.05) is 39.6 Å². The van der Waals surface area contributed by atoms with Gasteiger partial charge >= 0.3 is 11.9 Å². The summed E-state index contributed by atoms with van der Waals surface area (Å²) in [5.41, 5.74) is 4.36. The molecule has 44 heavy (non-hydrogen) atoms. The number of phenols is 2. The van der Waals surface area contributed by atoms with Gasteiger partial charge in [-0.15, -0.1) is 0 Å². The molecule has 246 valence electrons. The standard InChI is InChI=1S/2C14H18O3.C6H14O4/c2*1-9-7-10(5-6-12(15)16)8-11(13(9)17)14(2,3)4;7-1-3-9-5-6-10-4-2-8/h2*5-8,17H,1-4H3,(H,15,16);7-8H,1-6H2. The Bertz CT molecular complexity index is 1150. The maximum Gasteiger partial charge on any atom is 0.328 e. The highest BCUT2D eigenvalue weighted by Gasteiger charge is 2.20. The van der Waals surface area contributed by atoms with Gasteiger partial charge in [0.05, 0.1) is 39.6 Å². The minimum Gasteiger partial charge on any atom is -0.507 e. The van der Waals surface area contributed by atoms with E-state index in [1.807, 2.05) is 67.5 Å². The van der Waals surface area contributed by atoms with Crippen LogP contribution in [0.4, 0.5) is 0 Å². The van der Waals surface area contributed by atoms with Crippen molar-refractivity contribution in [3.05, 3.63) is 69.8 Å². The van der Waals surface area contributed by atoms with Crippen LogP contribution in [0.3, 0.4) is 0 Å². The van der Waals surface area contributed by atoms with Crippen LogP contribution in [0.5, 0.6) is 11.5 Å². The van der Waals surface area contributed by atoms with Crippen molar-refractivity contribution >= 4 is 24.1 Å². The number of benzene rings is 2. The molecule has 2 aromatic rings. The van der Waals surface area contributed by atoms with Crippen molar-refractivity contribution < 1.29 is 49.7 Å². The smallest absolute Gasteiger partial charge is 0.328 e. The first-order valence-electron chi connectivity index (χ1n) is 14.2.